The van der Waals surface area contributed by atoms with E-state index in [4.69, 9.17) is 14.6 Å². The summed E-state index contributed by atoms with van der Waals surface area (Å²) in [5.74, 6) is 1.41. The fraction of sp³-hybridized carbons (Fsp3) is 0.0909. The van der Waals surface area contributed by atoms with E-state index in [0.717, 1.165) is 28.3 Å². The molecule has 3 aromatic heterocycles. The van der Waals surface area contributed by atoms with Gasteiger partial charge >= 0.3 is 0 Å². The zero-order valence-electron chi connectivity index (χ0n) is 16.1. The van der Waals surface area contributed by atoms with Crippen molar-refractivity contribution in [2.24, 2.45) is 0 Å². The fourth-order valence-corrected chi connectivity index (χ4v) is 4.41. The standard InChI is InChI=1S/C22H15N5O3S/c28-21-19(31-22-23-13-24-27(21)22)11-15-12-26(16-4-2-1-3-5-16)25-20(15)14-6-7-17-18(10-14)30-9-8-29-17/h1-7,10-13H,8-9H2. The van der Waals surface area contributed by atoms with E-state index in [1.54, 1.807) is 4.68 Å². The van der Waals surface area contributed by atoms with Crippen LogP contribution in [0.3, 0.4) is 0 Å². The first kappa shape index (κ1) is 17.8. The number of benzene rings is 2. The van der Waals surface area contributed by atoms with Crippen LogP contribution in [-0.2, 0) is 0 Å². The van der Waals surface area contributed by atoms with Gasteiger partial charge in [0, 0.05) is 17.3 Å². The second-order valence-corrected chi connectivity index (χ2v) is 7.95. The molecule has 0 aliphatic carbocycles. The summed E-state index contributed by atoms with van der Waals surface area (Å²) in [5.41, 5.74) is 3.14. The number of fused-ring (bicyclic) bond motifs is 2. The first-order valence-electron chi connectivity index (χ1n) is 9.66. The molecule has 2 aromatic carbocycles. The van der Waals surface area contributed by atoms with Gasteiger partial charge in [-0.3, -0.25) is 4.79 Å². The van der Waals surface area contributed by atoms with Crippen LogP contribution in [-0.4, -0.2) is 37.6 Å². The summed E-state index contributed by atoms with van der Waals surface area (Å²) in [7, 11) is 0. The van der Waals surface area contributed by atoms with Crippen molar-refractivity contribution >= 4 is 22.4 Å². The predicted molar refractivity (Wildman–Crippen MR) is 116 cm³/mol. The summed E-state index contributed by atoms with van der Waals surface area (Å²) in [4.78, 5) is 17.4. The highest BCUT2D eigenvalue weighted by Crippen LogP contribution is 2.35. The Hall–Kier alpha value is -3.98. The monoisotopic (exact) mass is 429 g/mol. The average Bonchev–Trinajstić information content (AvgIpc) is 3.52. The number of nitrogens with zero attached hydrogens (tertiary/aromatic N) is 5. The fourth-order valence-electron chi connectivity index (χ4n) is 3.54. The molecule has 4 heterocycles. The Morgan fingerprint density at radius 2 is 1.87 bits per heavy atom. The van der Waals surface area contributed by atoms with Gasteiger partial charge in [-0.1, -0.05) is 29.5 Å². The molecule has 0 N–H and O–H groups in total. The molecule has 9 heteroatoms. The summed E-state index contributed by atoms with van der Waals surface area (Å²) in [6.07, 6.45) is 5.13. The minimum absolute atomic E-state index is 0.196. The Morgan fingerprint density at radius 3 is 2.71 bits per heavy atom. The zero-order chi connectivity index (χ0) is 20.8. The molecule has 6 rings (SSSR count). The molecule has 0 spiro atoms. The molecule has 0 amide bonds. The molecule has 0 saturated carbocycles. The molecule has 0 fully saturated rings. The molecule has 152 valence electrons. The lowest BCUT2D eigenvalue weighted by atomic mass is 10.1. The van der Waals surface area contributed by atoms with E-state index in [2.05, 4.69) is 10.1 Å². The highest BCUT2D eigenvalue weighted by molar-refractivity contribution is 7.15. The molecule has 5 aromatic rings. The molecular weight excluding hydrogens is 414 g/mol. The van der Waals surface area contributed by atoms with Gasteiger partial charge in [-0.15, -0.1) is 0 Å². The summed E-state index contributed by atoms with van der Waals surface area (Å²) in [5, 5.41) is 8.81. The lowest BCUT2D eigenvalue weighted by Crippen LogP contribution is -2.23. The summed E-state index contributed by atoms with van der Waals surface area (Å²) in [6, 6.07) is 15.6. The molecule has 31 heavy (non-hydrogen) atoms. The number of rotatable bonds is 3. The number of hydrogen-bond acceptors (Lipinski definition) is 7. The van der Waals surface area contributed by atoms with Crippen LogP contribution in [0.1, 0.15) is 5.56 Å². The van der Waals surface area contributed by atoms with E-state index in [0.29, 0.717) is 28.5 Å². The maximum absolute atomic E-state index is 12.7. The van der Waals surface area contributed by atoms with Crippen molar-refractivity contribution in [3.05, 3.63) is 81.5 Å². The number of hydrogen-bond donors (Lipinski definition) is 0. The van der Waals surface area contributed by atoms with Crippen LogP contribution in [0.15, 0.2) is 65.8 Å². The van der Waals surface area contributed by atoms with Crippen molar-refractivity contribution in [1.29, 1.82) is 0 Å². The molecular formula is C22H15N5O3S. The van der Waals surface area contributed by atoms with E-state index in [-0.39, 0.29) is 5.56 Å². The quantitative estimate of drug-likeness (QED) is 0.438. The maximum Gasteiger partial charge on any atom is 0.291 e. The normalized spacial score (nSPS) is 13.7. The summed E-state index contributed by atoms with van der Waals surface area (Å²) in [6.45, 7) is 1.05. The lowest BCUT2D eigenvalue weighted by Gasteiger charge is -2.18. The molecule has 8 nitrogen and oxygen atoms in total. The van der Waals surface area contributed by atoms with Crippen molar-refractivity contribution in [3.8, 4) is 28.4 Å². The molecule has 1 aliphatic rings. The Balaban J connectivity index is 1.55. The van der Waals surface area contributed by atoms with Crippen molar-refractivity contribution in [2.75, 3.05) is 13.2 Å². The van der Waals surface area contributed by atoms with E-state index in [1.807, 2.05) is 60.8 Å². The third kappa shape index (κ3) is 3.06. The minimum atomic E-state index is -0.196. The number of para-hydroxylation sites is 1. The van der Waals surface area contributed by atoms with Gasteiger partial charge in [0.25, 0.3) is 5.56 Å². The van der Waals surface area contributed by atoms with Crippen LogP contribution < -0.4 is 19.6 Å². The van der Waals surface area contributed by atoms with E-state index >= 15 is 0 Å². The van der Waals surface area contributed by atoms with Crippen LogP contribution in [0.5, 0.6) is 11.5 Å². The Bertz CT molecular complexity index is 1520. The van der Waals surface area contributed by atoms with Crippen molar-refractivity contribution < 1.29 is 9.47 Å². The molecule has 0 bridgehead atoms. The molecule has 0 unspecified atom stereocenters. The topological polar surface area (TPSA) is 83.5 Å². The van der Waals surface area contributed by atoms with Crippen LogP contribution in [0.4, 0.5) is 0 Å². The van der Waals surface area contributed by atoms with Crippen molar-refractivity contribution in [3.63, 3.8) is 0 Å². The van der Waals surface area contributed by atoms with Crippen molar-refractivity contribution in [1.82, 2.24) is 24.4 Å². The highest BCUT2D eigenvalue weighted by atomic mass is 32.1. The second kappa shape index (κ2) is 7.06. The van der Waals surface area contributed by atoms with Gasteiger partial charge in [-0.05, 0) is 36.4 Å². The number of aromatic nitrogens is 5. The Morgan fingerprint density at radius 1 is 1.03 bits per heavy atom. The first-order chi connectivity index (χ1) is 15.3. The second-order valence-electron chi connectivity index (χ2n) is 6.94. The van der Waals surface area contributed by atoms with E-state index in [9.17, 15) is 4.79 Å². The van der Waals surface area contributed by atoms with Crippen LogP contribution >= 0.6 is 11.3 Å². The molecule has 0 atom stereocenters. The number of thiazole rings is 1. The minimum Gasteiger partial charge on any atom is -0.486 e. The van der Waals surface area contributed by atoms with Crippen LogP contribution in [0.2, 0.25) is 0 Å². The van der Waals surface area contributed by atoms with Gasteiger partial charge in [-0.25, -0.2) is 9.67 Å². The third-order valence-corrected chi connectivity index (χ3v) is 5.96. The van der Waals surface area contributed by atoms with Gasteiger partial charge in [0.15, 0.2) is 11.5 Å². The summed E-state index contributed by atoms with van der Waals surface area (Å²) >= 11 is 1.30. The van der Waals surface area contributed by atoms with E-state index < -0.39 is 0 Å². The number of ether oxygens (including phenoxy) is 2. The first-order valence-corrected chi connectivity index (χ1v) is 10.5. The van der Waals surface area contributed by atoms with Gasteiger partial charge in [0.1, 0.15) is 25.2 Å². The largest absolute Gasteiger partial charge is 0.486 e. The lowest BCUT2D eigenvalue weighted by molar-refractivity contribution is 0.171. The molecule has 1 aliphatic heterocycles. The Labute approximate surface area is 179 Å². The van der Waals surface area contributed by atoms with Crippen LogP contribution in [0.25, 0.3) is 28.0 Å². The van der Waals surface area contributed by atoms with Gasteiger partial charge in [0.05, 0.1) is 10.2 Å². The summed E-state index contributed by atoms with van der Waals surface area (Å²) < 4.78 is 15.0. The predicted octanol–water partition coefficient (Wildman–Crippen LogP) is 2.32. The molecule has 0 radical (unpaired) electrons. The van der Waals surface area contributed by atoms with Crippen LogP contribution in [0, 0.1) is 0 Å². The maximum atomic E-state index is 12.7. The van der Waals surface area contributed by atoms with Crippen molar-refractivity contribution in [2.45, 2.75) is 0 Å². The van der Waals surface area contributed by atoms with E-state index in [1.165, 1.54) is 22.2 Å². The van der Waals surface area contributed by atoms with Gasteiger partial charge < -0.3 is 9.47 Å². The molecule has 0 saturated heterocycles. The SMILES string of the molecule is O=c1c(=Cc2cn(-c3ccccc3)nc2-c2ccc3c(c2)OCCO3)sc2ncnn12. The third-order valence-electron chi connectivity index (χ3n) is 4.99. The average molecular weight is 429 g/mol. The smallest absolute Gasteiger partial charge is 0.291 e. The highest BCUT2D eigenvalue weighted by Gasteiger charge is 2.17. The van der Waals surface area contributed by atoms with Gasteiger partial charge in [0.2, 0.25) is 4.96 Å². The Kier molecular flexibility index (Phi) is 4.07. The van der Waals surface area contributed by atoms with Gasteiger partial charge in [-0.2, -0.15) is 14.7 Å². The zero-order valence-corrected chi connectivity index (χ0v) is 17.0.